The molecule has 7 heteroatoms. The molecule has 1 rings (SSSR count). The predicted octanol–water partition coefficient (Wildman–Crippen LogP) is 2.25. The van der Waals surface area contributed by atoms with Crippen LogP contribution in [0, 0.1) is 0 Å². The predicted molar refractivity (Wildman–Crippen MR) is 79.3 cm³/mol. The molecule has 0 amide bonds. The number of nitrogens with one attached hydrogen (secondary N) is 1. The van der Waals surface area contributed by atoms with E-state index in [1.807, 2.05) is 13.8 Å². The van der Waals surface area contributed by atoms with Crippen molar-refractivity contribution in [2.45, 2.75) is 38.0 Å². The molecule has 0 aliphatic heterocycles. The van der Waals surface area contributed by atoms with Crippen molar-refractivity contribution in [3.8, 4) is 5.75 Å². The van der Waals surface area contributed by atoms with Crippen molar-refractivity contribution in [2.75, 3.05) is 13.2 Å². The van der Waals surface area contributed by atoms with Crippen LogP contribution in [0.2, 0.25) is 0 Å². The molecule has 0 aliphatic carbocycles. The first-order valence-electron chi connectivity index (χ1n) is 6.92. The third kappa shape index (κ3) is 5.02. The number of hydrogen-bond donors (Lipinski definition) is 2. The second kappa shape index (κ2) is 7.99. The summed E-state index contributed by atoms with van der Waals surface area (Å²) < 4.78 is 31.9. The maximum Gasteiger partial charge on any atom is 0.339 e. The van der Waals surface area contributed by atoms with Crippen LogP contribution in [-0.2, 0) is 10.0 Å². The van der Waals surface area contributed by atoms with E-state index in [0.717, 1.165) is 25.3 Å². The highest BCUT2D eigenvalue weighted by Crippen LogP contribution is 2.23. The highest BCUT2D eigenvalue weighted by molar-refractivity contribution is 7.89. The van der Waals surface area contributed by atoms with E-state index >= 15 is 0 Å². The van der Waals surface area contributed by atoms with Crippen molar-refractivity contribution in [1.82, 2.24) is 4.72 Å². The molecule has 6 nitrogen and oxygen atoms in total. The fourth-order valence-corrected chi connectivity index (χ4v) is 2.75. The maximum atomic E-state index is 12.1. The maximum absolute atomic E-state index is 12.1. The Balaban J connectivity index is 3.04. The van der Waals surface area contributed by atoms with Gasteiger partial charge >= 0.3 is 5.97 Å². The summed E-state index contributed by atoms with van der Waals surface area (Å²) in [7, 11) is -3.69. The number of carbonyl (C=O) groups is 1. The fourth-order valence-electron chi connectivity index (χ4n) is 1.65. The van der Waals surface area contributed by atoms with Crippen LogP contribution in [-0.4, -0.2) is 32.6 Å². The van der Waals surface area contributed by atoms with Crippen LogP contribution in [0.4, 0.5) is 0 Å². The lowest BCUT2D eigenvalue weighted by atomic mass is 10.2. The number of rotatable bonds is 9. The van der Waals surface area contributed by atoms with E-state index in [1.54, 1.807) is 0 Å². The van der Waals surface area contributed by atoms with E-state index in [1.165, 1.54) is 12.1 Å². The first-order chi connectivity index (χ1) is 9.92. The minimum atomic E-state index is -3.69. The fraction of sp³-hybridized carbons (Fsp3) is 0.500. The Morgan fingerprint density at radius 3 is 2.57 bits per heavy atom. The van der Waals surface area contributed by atoms with Gasteiger partial charge in [-0.25, -0.2) is 17.9 Å². The number of aromatic carboxylic acids is 1. The van der Waals surface area contributed by atoms with Gasteiger partial charge in [0.15, 0.2) is 0 Å². The summed E-state index contributed by atoms with van der Waals surface area (Å²) in [5, 5.41) is 9.17. The molecule has 0 atom stereocenters. The SMILES string of the molecule is CCCCNS(=O)(=O)c1ccc(OCCC)c(C(=O)O)c1. The lowest BCUT2D eigenvalue weighted by Gasteiger charge is -2.11. The van der Waals surface area contributed by atoms with E-state index in [4.69, 9.17) is 4.74 Å². The zero-order chi connectivity index (χ0) is 15.9. The molecule has 1 aromatic carbocycles. The molecule has 0 aromatic heterocycles. The van der Waals surface area contributed by atoms with Crippen LogP contribution in [0.1, 0.15) is 43.5 Å². The van der Waals surface area contributed by atoms with Gasteiger partial charge in [0.2, 0.25) is 10.0 Å². The molecule has 1 aromatic rings. The monoisotopic (exact) mass is 315 g/mol. The summed E-state index contributed by atoms with van der Waals surface area (Å²) in [5.74, 6) is -1.04. The van der Waals surface area contributed by atoms with Gasteiger partial charge in [-0.2, -0.15) is 0 Å². The molecule has 0 saturated heterocycles. The average molecular weight is 315 g/mol. The molecule has 118 valence electrons. The van der Waals surface area contributed by atoms with Crippen LogP contribution in [0.3, 0.4) is 0 Å². The first-order valence-corrected chi connectivity index (χ1v) is 8.40. The Hall–Kier alpha value is -1.60. The average Bonchev–Trinajstić information content (AvgIpc) is 2.44. The highest BCUT2D eigenvalue weighted by Gasteiger charge is 2.19. The van der Waals surface area contributed by atoms with Gasteiger partial charge in [-0.3, -0.25) is 0 Å². The zero-order valence-electron chi connectivity index (χ0n) is 12.3. The standard InChI is InChI=1S/C14H21NO5S/c1-3-5-8-15-21(18,19)11-6-7-13(20-9-4-2)12(10-11)14(16)17/h6-7,10,15H,3-5,8-9H2,1-2H3,(H,16,17). The number of unbranched alkanes of at least 4 members (excludes halogenated alkanes) is 1. The van der Waals surface area contributed by atoms with Crippen molar-refractivity contribution in [3.05, 3.63) is 23.8 Å². The normalized spacial score (nSPS) is 11.3. The van der Waals surface area contributed by atoms with Gasteiger partial charge in [0.05, 0.1) is 11.5 Å². The number of sulfonamides is 1. The van der Waals surface area contributed by atoms with E-state index < -0.39 is 16.0 Å². The van der Waals surface area contributed by atoms with Crippen LogP contribution in [0.5, 0.6) is 5.75 Å². The quantitative estimate of drug-likeness (QED) is 0.682. The van der Waals surface area contributed by atoms with Gasteiger partial charge in [-0.05, 0) is 31.0 Å². The van der Waals surface area contributed by atoms with E-state index in [0.29, 0.717) is 13.2 Å². The second-order valence-corrected chi connectivity index (χ2v) is 6.33. The lowest BCUT2D eigenvalue weighted by Crippen LogP contribution is -2.25. The molecule has 0 unspecified atom stereocenters. The Morgan fingerprint density at radius 2 is 2.00 bits per heavy atom. The molecule has 2 N–H and O–H groups in total. The Kier molecular flexibility index (Phi) is 6.64. The largest absolute Gasteiger partial charge is 0.493 e. The van der Waals surface area contributed by atoms with E-state index in [-0.39, 0.29) is 16.2 Å². The van der Waals surface area contributed by atoms with Gasteiger partial charge in [-0.15, -0.1) is 0 Å². The number of carboxylic acids is 1. The third-order valence-corrected chi connectivity index (χ3v) is 4.23. The van der Waals surface area contributed by atoms with Crippen LogP contribution >= 0.6 is 0 Å². The molecule has 0 saturated carbocycles. The molecule has 0 aliphatic rings. The molecular formula is C14H21NO5S. The Morgan fingerprint density at radius 1 is 1.29 bits per heavy atom. The minimum Gasteiger partial charge on any atom is -0.493 e. The van der Waals surface area contributed by atoms with Gasteiger partial charge in [0.1, 0.15) is 11.3 Å². The van der Waals surface area contributed by atoms with Crippen LogP contribution in [0.25, 0.3) is 0 Å². The molecule has 0 bridgehead atoms. The number of benzene rings is 1. The summed E-state index contributed by atoms with van der Waals surface area (Å²) in [6.45, 7) is 4.56. The van der Waals surface area contributed by atoms with Crippen molar-refractivity contribution >= 4 is 16.0 Å². The van der Waals surface area contributed by atoms with E-state index in [9.17, 15) is 18.3 Å². The zero-order valence-corrected chi connectivity index (χ0v) is 13.1. The summed E-state index contributed by atoms with van der Waals surface area (Å²) in [6.07, 6.45) is 2.33. The van der Waals surface area contributed by atoms with Crippen LogP contribution < -0.4 is 9.46 Å². The first kappa shape index (κ1) is 17.5. The molecule has 0 spiro atoms. The molecule has 0 radical (unpaired) electrons. The summed E-state index contributed by atoms with van der Waals surface area (Å²) in [6, 6.07) is 3.86. The summed E-state index contributed by atoms with van der Waals surface area (Å²) >= 11 is 0. The number of carboxylic acid groups (broad SMARTS) is 1. The van der Waals surface area contributed by atoms with Gasteiger partial charge in [0.25, 0.3) is 0 Å². The molecule has 0 fully saturated rings. The lowest BCUT2D eigenvalue weighted by molar-refractivity contribution is 0.0692. The molecule has 0 heterocycles. The Bertz CT molecular complexity index is 583. The van der Waals surface area contributed by atoms with E-state index in [2.05, 4.69) is 4.72 Å². The second-order valence-electron chi connectivity index (χ2n) is 4.56. The van der Waals surface area contributed by atoms with Gasteiger partial charge in [0, 0.05) is 6.54 Å². The molecule has 21 heavy (non-hydrogen) atoms. The summed E-state index contributed by atoms with van der Waals surface area (Å²) in [5.41, 5.74) is -0.151. The minimum absolute atomic E-state index is 0.0696. The van der Waals surface area contributed by atoms with Crippen LogP contribution in [0.15, 0.2) is 23.1 Å². The molecular weight excluding hydrogens is 294 g/mol. The Labute approximate surface area is 125 Å². The smallest absolute Gasteiger partial charge is 0.339 e. The van der Waals surface area contributed by atoms with Crippen molar-refractivity contribution in [1.29, 1.82) is 0 Å². The number of ether oxygens (including phenoxy) is 1. The topological polar surface area (TPSA) is 92.7 Å². The number of hydrogen-bond acceptors (Lipinski definition) is 4. The van der Waals surface area contributed by atoms with Crippen molar-refractivity contribution < 1.29 is 23.1 Å². The van der Waals surface area contributed by atoms with Crippen molar-refractivity contribution in [3.63, 3.8) is 0 Å². The third-order valence-electron chi connectivity index (χ3n) is 2.78. The van der Waals surface area contributed by atoms with Gasteiger partial charge in [-0.1, -0.05) is 20.3 Å². The highest BCUT2D eigenvalue weighted by atomic mass is 32.2. The summed E-state index contributed by atoms with van der Waals surface area (Å²) in [4.78, 5) is 11.2. The van der Waals surface area contributed by atoms with Gasteiger partial charge < -0.3 is 9.84 Å². The van der Waals surface area contributed by atoms with Crippen molar-refractivity contribution in [2.24, 2.45) is 0 Å².